The van der Waals surface area contributed by atoms with Crippen LogP contribution in [-0.2, 0) is 27.1 Å². The second-order valence-electron chi connectivity index (χ2n) is 9.10. The number of nitrogens with one attached hydrogen (secondary N) is 2. The summed E-state index contributed by atoms with van der Waals surface area (Å²) in [6.07, 6.45) is 4.19. The number of benzene rings is 2. The molecule has 0 radical (unpaired) electrons. The highest BCUT2D eigenvalue weighted by atomic mass is 19.1. The molecule has 3 heterocycles. The highest BCUT2D eigenvalue weighted by molar-refractivity contribution is 5.95. The van der Waals surface area contributed by atoms with Crippen molar-refractivity contribution >= 4 is 23.2 Å². The zero-order valence-corrected chi connectivity index (χ0v) is 20.3. The van der Waals surface area contributed by atoms with Gasteiger partial charge in [0.15, 0.2) is 11.6 Å². The second kappa shape index (κ2) is 11.3. The minimum Gasteiger partial charge on any atom is -0.462 e. The molecule has 0 saturated carbocycles. The number of anilines is 3. The van der Waals surface area contributed by atoms with Gasteiger partial charge in [-0.3, -0.25) is 4.79 Å². The topological polar surface area (TPSA) is 75.7 Å². The predicted octanol–water partition coefficient (Wildman–Crippen LogP) is 5.01. The molecule has 37 heavy (non-hydrogen) atoms. The molecule has 0 bridgehead atoms. The maximum atomic E-state index is 13.6. The predicted molar refractivity (Wildman–Crippen MR) is 137 cm³/mol. The number of rotatable bonds is 9. The fraction of sp³-hybridized carbons (Fsp3) is 0.286. The first-order valence-corrected chi connectivity index (χ1v) is 12.3. The molecule has 2 aliphatic heterocycles. The van der Waals surface area contributed by atoms with Crippen LogP contribution in [0.3, 0.4) is 0 Å². The highest BCUT2D eigenvalue weighted by Gasteiger charge is 2.24. The van der Waals surface area contributed by atoms with E-state index in [1.54, 1.807) is 18.4 Å². The van der Waals surface area contributed by atoms with Gasteiger partial charge < -0.3 is 25.0 Å². The normalized spacial score (nSPS) is 15.5. The molecule has 2 aromatic carbocycles. The van der Waals surface area contributed by atoms with Crippen molar-refractivity contribution in [3.8, 4) is 0 Å². The summed E-state index contributed by atoms with van der Waals surface area (Å²) in [7, 11) is 0. The average molecular weight is 507 g/mol. The molecule has 1 atom stereocenters. The van der Waals surface area contributed by atoms with E-state index in [1.807, 2.05) is 18.2 Å². The van der Waals surface area contributed by atoms with E-state index in [-0.39, 0.29) is 30.7 Å². The van der Waals surface area contributed by atoms with Crippen molar-refractivity contribution in [1.29, 1.82) is 0 Å². The quantitative estimate of drug-likeness (QED) is 0.425. The Labute approximate surface area is 214 Å². The zero-order chi connectivity index (χ0) is 25.6. The Morgan fingerprint density at radius 2 is 1.76 bits per heavy atom. The van der Waals surface area contributed by atoms with E-state index in [1.165, 1.54) is 0 Å². The van der Waals surface area contributed by atoms with E-state index >= 15 is 0 Å². The number of hydrogen-bond acceptors (Lipinski definition) is 6. The summed E-state index contributed by atoms with van der Waals surface area (Å²) in [5.74, 6) is 0.162. The molecule has 0 spiro atoms. The third-order valence-corrected chi connectivity index (χ3v) is 6.28. The minimum atomic E-state index is -0.713. The lowest BCUT2D eigenvalue weighted by atomic mass is 10.0. The first-order valence-electron chi connectivity index (χ1n) is 12.3. The first-order chi connectivity index (χ1) is 18.0. The number of hydrogen-bond donors (Lipinski definition) is 2. The SMILES string of the molecule is O=C(Cc1cc(F)cc(F)c1)Nc1ccc(NC(Cc2ccccc2)C2=COCO2)nc1N1CCCC1. The zero-order valence-electron chi connectivity index (χ0n) is 20.3. The summed E-state index contributed by atoms with van der Waals surface area (Å²) in [4.78, 5) is 19.7. The molecule has 1 aromatic heterocycles. The molecule has 1 amide bonds. The summed E-state index contributed by atoms with van der Waals surface area (Å²) in [6.45, 7) is 1.82. The van der Waals surface area contributed by atoms with Crippen LogP contribution in [-0.4, -0.2) is 36.8 Å². The maximum Gasteiger partial charge on any atom is 0.229 e. The molecule has 1 fully saturated rings. The lowest BCUT2D eigenvalue weighted by Gasteiger charge is -2.24. The third kappa shape index (κ3) is 6.35. The van der Waals surface area contributed by atoms with Crippen LogP contribution in [0.15, 0.2) is 72.7 Å². The van der Waals surface area contributed by atoms with Crippen LogP contribution in [0.1, 0.15) is 24.0 Å². The molecule has 3 aromatic rings. The average Bonchev–Trinajstić information content (AvgIpc) is 3.59. The van der Waals surface area contributed by atoms with Gasteiger partial charge in [-0.25, -0.2) is 13.8 Å². The van der Waals surface area contributed by atoms with Gasteiger partial charge in [-0.15, -0.1) is 0 Å². The van der Waals surface area contributed by atoms with E-state index in [9.17, 15) is 13.6 Å². The number of carbonyl (C=O) groups is 1. The van der Waals surface area contributed by atoms with E-state index in [2.05, 4.69) is 27.7 Å². The van der Waals surface area contributed by atoms with Gasteiger partial charge in [-0.1, -0.05) is 30.3 Å². The molecule has 1 unspecified atom stereocenters. The van der Waals surface area contributed by atoms with Crippen LogP contribution in [0.4, 0.5) is 26.1 Å². The molecule has 1 saturated heterocycles. The molecule has 5 rings (SSSR count). The van der Waals surface area contributed by atoms with Gasteiger partial charge in [-0.05, 0) is 54.7 Å². The van der Waals surface area contributed by atoms with Crippen LogP contribution in [0.25, 0.3) is 0 Å². The highest BCUT2D eigenvalue weighted by Crippen LogP contribution is 2.30. The molecule has 2 aliphatic rings. The van der Waals surface area contributed by atoms with Crippen LogP contribution in [0.5, 0.6) is 0 Å². The molecule has 7 nitrogen and oxygen atoms in total. The van der Waals surface area contributed by atoms with Gasteiger partial charge in [0, 0.05) is 19.2 Å². The molecular formula is C28H28F2N4O3. The van der Waals surface area contributed by atoms with Crippen molar-refractivity contribution in [2.75, 3.05) is 35.4 Å². The Morgan fingerprint density at radius 1 is 1.00 bits per heavy atom. The molecule has 0 aliphatic carbocycles. The number of carbonyl (C=O) groups excluding carboxylic acids is 1. The van der Waals surface area contributed by atoms with Crippen molar-refractivity contribution in [2.24, 2.45) is 0 Å². The summed E-state index contributed by atoms with van der Waals surface area (Å²) in [5, 5.41) is 6.34. The number of ether oxygens (including phenoxy) is 2. The lowest BCUT2D eigenvalue weighted by molar-refractivity contribution is -0.115. The monoisotopic (exact) mass is 506 g/mol. The van der Waals surface area contributed by atoms with Crippen LogP contribution in [0.2, 0.25) is 0 Å². The van der Waals surface area contributed by atoms with Gasteiger partial charge in [0.2, 0.25) is 12.7 Å². The molecule has 2 N–H and O–H groups in total. The second-order valence-corrected chi connectivity index (χ2v) is 9.10. The maximum absolute atomic E-state index is 13.6. The number of amides is 1. The van der Waals surface area contributed by atoms with E-state index < -0.39 is 11.6 Å². The van der Waals surface area contributed by atoms with Gasteiger partial charge in [0.25, 0.3) is 0 Å². The standard InChI is InChI=1S/C28H28F2N4O3/c29-21-12-20(13-22(30)16-21)15-27(35)32-23-8-9-26(33-28(23)34-10-4-5-11-34)31-24(25-17-36-18-37-25)14-19-6-2-1-3-7-19/h1-3,6-9,12-13,16-17,24H,4-5,10-11,14-15,18H2,(H,31,33)(H,32,35). The van der Waals surface area contributed by atoms with Crippen molar-refractivity contribution in [2.45, 2.75) is 31.7 Å². The Kier molecular flexibility index (Phi) is 7.49. The Morgan fingerprint density at radius 3 is 2.46 bits per heavy atom. The van der Waals surface area contributed by atoms with Crippen molar-refractivity contribution in [3.05, 3.63) is 95.4 Å². The summed E-state index contributed by atoms with van der Waals surface area (Å²) in [5.41, 5.74) is 1.95. The van der Waals surface area contributed by atoms with Crippen LogP contribution >= 0.6 is 0 Å². The number of aromatic nitrogens is 1. The van der Waals surface area contributed by atoms with Crippen LogP contribution in [0, 0.1) is 11.6 Å². The van der Waals surface area contributed by atoms with Crippen LogP contribution < -0.4 is 15.5 Å². The smallest absolute Gasteiger partial charge is 0.229 e. The van der Waals surface area contributed by atoms with E-state index in [0.29, 0.717) is 29.5 Å². The van der Waals surface area contributed by atoms with Gasteiger partial charge in [-0.2, -0.15) is 0 Å². The lowest BCUT2D eigenvalue weighted by Crippen LogP contribution is -2.27. The van der Waals surface area contributed by atoms with Gasteiger partial charge in [0.05, 0.1) is 18.2 Å². The number of nitrogens with zero attached hydrogens (tertiary/aromatic N) is 2. The van der Waals surface area contributed by atoms with E-state index in [4.69, 9.17) is 14.5 Å². The van der Waals surface area contributed by atoms with E-state index in [0.717, 1.165) is 49.7 Å². The van der Waals surface area contributed by atoms with Crippen molar-refractivity contribution in [3.63, 3.8) is 0 Å². The first kappa shape index (κ1) is 24.5. The Bertz CT molecular complexity index is 1260. The summed E-state index contributed by atoms with van der Waals surface area (Å²) in [6, 6.07) is 16.6. The molecule has 9 heteroatoms. The van der Waals surface area contributed by atoms with Gasteiger partial charge >= 0.3 is 0 Å². The Hall–Kier alpha value is -4.14. The van der Waals surface area contributed by atoms with Gasteiger partial charge in [0.1, 0.15) is 23.7 Å². The Balaban J connectivity index is 1.36. The third-order valence-electron chi connectivity index (χ3n) is 6.28. The fourth-order valence-corrected chi connectivity index (χ4v) is 4.58. The summed E-state index contributed by atoms with van der Waals surface area (Å²) >= 11 is 0. The molecule has 192 valence electrons. The van der Waals surface area contributed by atoms with Crippen molar-refractivity contribution < 1.29 is 23.0 Å². The number of pyridine rings is 1. The van der Waals surface area contributed by atoms with Crippen molar-refractivity contribution in [1.82, 2.24) is 4.98 Å². The molecular weight excluding hydrogens is 478 g/mol. The summed E-state index contributed by atoms with van der Waals surface area (Å²) < 4.78 is 38.1. The minimum absolute atomic E-state index is 0.154. The fourth-order valence-electron chi connectivity index (χ4n) is 4.58. The number of halogens is 2. The largest absolute Gasteiger partial charge is 0.462 e.